The van der Waals surface area contributed by atoms with Crippen LogP contribution in [0.4, 0.5) is 8.78 Å². The van der Waals surface area contributed by atoms with E-state index in [1.807, 2.05) is 0 Å². The van der Waals surface area contributed by atoms with E-state index in [0.717, 1.165) is 0 Å². The maximum Gasteiger partial charge on any atom is 0.337 e. The molecule has 2 rings (SSSR count). The van der Waals surface area contributed by atoms with Crippen LogP contribution < -0.4 is 9.47 Å². The molecule has 0 N–H and O–H groups in total. The van der Waals surface area contributed by atoms with E-state index >= 15 is 0 Å². The molecular formula is C14H14F2N2O4. The van der Waals surface area contributed by atoms with Crippen molar-refractivity contribution in [1.29, 1.82) is 0 Å². The second-order valence-corrected chi connectivity index (χ2v) is 4.17. The van der Waals surface area contributed by atoms with Crippen LogP contribution in [-0.4, -0.2) is 29.7 Å². The van der Waals surface area contributed by atoms with Crippen LogP contribution in [-0.2, 0) is 11.3 Å². The molecule has 8 heteroatoms. The van der Waals surface area contributed by atoms with Crippen molar-refractivity contribution in [3.05, 3.63) is 42.0 Å². The van der Waals surface area contributed by atoms with E-state index in [2.05, 4.69) is 9.72 Å². The fraction of sp³-hybridized carbons (Fsp3) is 0.286. The summed E-state index contributed by atoms with van der Waals surface area (Å²) in [6.07, 6.45) is 2.43. The monoisotopic (exact) mass is 312 g/mol. The molecule has 0 spiro atoms. The molecule has 1 aromatic heterocycles. The summed E-state index contributed by atoms with van der Waals surface area (Å²) in [5.74, 6) is 0.157. The molecule has 1 heterocycles. The zero-order chi connectivity index (χ0) is 16.1. The summed E-state index contributed by atoms with van der Waals surface area (Å²) < 4.78 is 41.3. The second kappa shape index (κ2) is 6.88. The number of rotatable bonds is 6. The highest BCUT2D eigenvalue weighted by Gasteiger charge is 2.14. The first-order valence-electron chi connectivity index (χ1n) is 6.25. The third-order valence-electron chi connectivity index (χ3n) is 2.90. The van der Waals surface area contributed by atoms with Crippen molar-refractivity contribution in [1.82, 2.24) is 9.55 Å². The van der Waals surface area contributed by atoms with Crippen molar-refractivity contribution in [2.75, 3.05) is 14.2 Å². The smallest absolute Gasteiger partial charge is 0.337 e. The first kappa shape index (κ1) is 15.7. The predicted molar refractivity (Wildman–Crippen MR) is 72.1 cm³/mol. The number of halogens is 2. The third-order valence-corrected chi connectivity index (χ3v) is 2.90. The third kappa shape index (κ3) is 3.33. The van der Waals surface area contributed by atoms with Gasteiger partial charge in [-0.25, -0.2) is 9.78 Å². The van der Waals surface area contributed by atoms with Gasteiger partial charge in [-0.3, -0.25) is 4.57 Å². The highest BCUT2D eigenvalue weighted by Crippen LogP contribution is 2.29. The number of imidazole rings is 1. The van der Waals surface area contributed by atoms with Gasteiger partial charge in [-0.05, 0) is 18.2 Å². The van der Waals surface area contributed by atoms with Gasteiger partial charge in [0.1, 0.15) is 6.61 Å². The largest absolute Gasteiger partial charge is 0.493 e. The summed E-state index contributed by atoms with van der Waals surface area (Å²) >= 11 is 0. The molecule has 118 valence electrons. The molecule has 1 aromatic carbocycles. The number of alkyl halides is 2. The van der Waals surface area contributed by atoms with Crippen molar-refractivity contribution < 1.29 is 27.8 Å². The van der Waals surface area contributed by atoms with E-state index < -0.39 is 12.5 Å². The van der Waals surface area contributed by atoms with E-state index in [9.17, 15) is 13.6 Å². The Morgan fingerprint density at radius 2 is 2.09 bits per heavy atom. The van der Waals surface area contributed by atoms with Gasteiger partial charge in [-0.15, -0.1) is 0 Å². The van der Waals surface area contributed by atoms with E-state index in [4.69, 9.17) is 9.47 Å². The van der Waals surface area contributed by atoms with Gasteiger partial charge in [0.05, 0.1) is 19.8 Å². The Bertz CT molecular complexity index is 658. The molecule has 0 fully saturated rings. The van der Waals surface area contributed by atoms with Gasteiger partial charge < -0.3 is 14.2 Å². The Morgan fingerprint density at radius 3 is 2.73 bits per heavy atom. The Morgan fingerprint density at radius 1 is 1.32 bits per heavy atom. The number of carbonyl (C=O) groups excluding carboxylic acids is 1. The summed E-state index contributed by atoms with van der Waals surface area (Å²) in [5.41, 5.74) is 0.292. The molecule has 0 aliphatic carbocycles. The lowest BCUT2D eigenvalue weighted by Crippen LogP contribution is -2.08. The molecule has 6 nitrogen and oxygen atoms in total. The topological polar surface area (TPSA) is 62.6 Å². The van der Waals surface area contributed by atoms with Gasteiger partial charge in [0, 0.05) is 12.4 Å². The minimum absolute atomic E-state index is 0.0779. The number of benzene rings is 1. The standard InChI is InChI=1S/C14H14F2N2O4/c1-20-11-7-9(13(19)21-2)3-4-10(11)22-8-12-17-5-6-18(12)14(15)16/h3-7,14H,8H2,1-2H3. The molecule has 0 saturated carbocycles. The zero-order valence-corrected chi connectivity index (χ0v) is 12.0. The predicted octanol–water partition coefficient (Wildman–Crippen LogP) is 2.65. The number of hydrogen-bond donors (Lipinski definition) is 0. The summed E-state index contributed by atoms with van der Waals surface area (Å²) in [6, 6.07) is 4.44. The van der Waals surface area contributed by atoms with E-state index in [-0.39, 0.29) is 18.2 Å². The fourth-order valence-electron chi connectivity index (χ4n) is 1.81. The number of nitrogens with zero attached hydrogens (tertiary/aromatic N) is 2. The Balaban J connectivity index is 2.15. The zero-order valence-electron chi connectivity index (χ0n) is 12.0. The Hall–Kier alpha value is -2.64. The summed E-state index contributed by atoms with van der Waals surface area (Å²) in [7, 11) is 2.67. The van der Waals surface area contributed by atoms with Crippen molar-refractivity contribution in [3.8, 4) is 11.5 Å². The van der Waals surface area contributed by atoms with Gasteiger partial charge in [-0.1, -0.05) is 0 Å². The lowest BCUT2D eigenvalue weighted by molar-refractivity contribution is 0.0597. The lowest BCUT2D eigenvalue weighted by Gasteiger charge is -2.12. The van der Waals surface area contributed by atoms with Crippen LogP contribution in [0.3, 0.4) is 0 Å². The molecule has 0 saturated heterocycles. The molecule has 0 radical (unpaired) electrons. The van der Waals surface area contributed by atoms with Crippen LogP contribution in [0.5, 0.6) is 11.5 Å². The minimum atomic E-state index is -2.69. The average molecular weight is 312 g/mol. The Kier molecular flexibility index (Phi) is 4.92. The van der Waals surface area contributed by atoms with Crippen LogP contribution in [0.25, 0.3) is 0 Å². The first-order chi connectivity index (χ1) is 10.6. The number of ether oxygens (including phenoxy) is 3. The molecule has 0 unspecified atom stereocenters. The van der Waals surface area contributed by atoms with Crippen molar-refractivity contribution in [3.63, 3.8) is 0 Å². The SMILES string of the molecule is COC(=O)c1ccc(OCc2nccn2C(F)F)c(OC)c1. The number of aromatic nitrogens is 2. The molecule has 22 heavy (non-hydrogen) atoms. The molecule has 0 aliphatic rings. The molecule has 0 amide bonds. The van der Waals surface area contributed by atoms with Crippen molar-refractivity contribution in [2.45, 2.75) is 13.2 Å². The van der Waals surface area contributed by atoms with E-state index in [0.29, 0.717) is 15.9 Å². The number of methoxy groups -OCH3 is 2. The van der Waals surface area contributed by atoms with Gasteiger partial charge in [0.25, 0.3) is 0 Å². The first-order valence-corrected chi connectivity index (χ1v) is 6.25. The van der Waals surface area contributed by atoms with Crippen molar-refractivity contribution >= 4 is 5.97 Å². The van der Waals surface area contributed by atoms with Gasteiger partial charge in [0.2, 0.25) is 0 Å². The molecule has 0 aliphatic heterocycles. The van der Waals surface area contributed by atoms with Crippen LogP contribution in [0.15, 0.2) is 30.6 Å². The fourth-order valence-corrected chi connectivity index (χ4v) is 1.81. The van der Waals surface area contributed by atoms with Crippen LogP contribution in [0.2, 0.25) is 0 Å². The van der Waals surface area contributed by atoms with Gasteiger partial charge in [0.15, 0.2) is 17.3 Å². The normalized spacial score (nSPS) is 10.6. The van der Waals surface area contributed by atoms with E-state index in [1.165, 1.54) is 44.8 Å². The number of carbonyl (C=O) groups is 1. The van der Waals surface area contributed by atoms with Crippen LogP contribution in [0, 0.1) is 0 Å². The second-order valence-electron chi connectivity index (χ2n) is 4.17. The van der Waals surface area contributed by atoms with Crippen LogP contribution in [0.1, 0.15) is 22.7 Å². The molecular weight excluding hydrogens is 298 g/mol. The number of hydrogen-bond acceptors (Lipinski definition) is 5. The quantitative estimate of drug-likeness (QED) is 0.767. The van der Waals surface area contributed by atoms with Gasteiger partial charge in [-0.2, -0.15) is 8.78 Å². The summed E-state index contributed by atoms with van der Waals surface area (Å²) in [4.78, 5) is 15.3. The minimum Gasteiger partial charge on any atom is -0.493 e. The summed E-state index contributed by atoms with van der Waals surface area (Å²) in [6.45, 7) is -2.85. The number of esters is 1. The lowest BCUT2D eigenvalue weighted by atomic mass is 10.2. The highest BCUT2D eigenvalue weighted by atomic mass is 19.3. The summed E-state index contributed by atoms with van der Waals surface area (Å²) in [5, 5.41) is 0. The maximum atomic E-state index is 12.7. The van der Waals surface area contributed by atoms with Crippen molar-refractivity contribution in [2.24, 2.45) is 0 Å². The molecule has 0 bridgehead atoms. The Labute approximate surface area is 125 Å². The molecule has 0 atom stereocenters. The average Bonchev–Trinajstić information content (AvgIpc) is 3.00. The van der Waals surface area contributed by atoms with E-state index in [1.54, 1.807) is 0 Å². The van der Waals surface area contributed by atoms with Crippen LogP contribution >= 0.6 is 0 Å². The maximum absolute atomic E-state index is 12.7. The molecule has 2 aromatic rings. The van der Waals surface area contributed by atoms with Gasteiger partial charge >= 0.3 is 12.5 Å². The highest BCUT2D eigenvalue weighted by molar-refractivity contribution is 5.90.